The Bertz CT molecular complexity index is 2260. The van der Waals surface area contributed by atoms with Gasteiger partial charge in [-0.1, -0.05) is 105 Å². The fourth-order valence-corrected chi connectivity index (χ4v) is 8.78. The minimum absolute atomic E-state index is 0.0810. The molecule has 4 atom stereocenters. The number of hydrogen-bond acceptors (Lipinski definition) is 3. The maximum absolute atomic E-state index is 10.8. The van der Waals surface area contributed by atoms with Crippen molar-refractivity contribution in [2.45, 2.75) is 49.7 Å². The van der Waals surface area contributed by atoms with Crippen LogP contribution in [0.3, 0.4) is 0 Å². The van der Waals surface area contributed by atoms with E-state index in [1.165, 1.54) is 33.5 Å². The quantitative estimate of drug-likeness (QED) is 0.233. The van der Waals surface area contributed by atoms with Gasteiger partial charge in [0.15, 0.2) is 0 Å². The Morgan fingerprint density at radius 3 is 2.24 bits per heavy atom. The molecule has 2 heterocycles. The highest BCUT2D eigenvalue weighted by molar-refractivity contribution is 6.08. The molecule has 4 heteroatoms. The zero-order valence-electron chi connectivity index (χ0n) is 25.9. The summed E-state index contributed by atoms with van der Waals surface area (Å²) in [6, 6.07) is 26.1. The van der Waals surface area contributed by atoms with Crippen LogP contribution < -0.4 is 4.90 Å². The predicted octanol–water partition coefficient (Wildman–Crippen LogP) is 9.28. The average Bonchev–Trinajstić information content (AvgIpc) is 3.55. The van der Waals surface area contributed by atoms with Gasteiger partial charge in [0.2, 0.25) is 0 Å². The molecule has 5 aliphatic rings. The van der Waals surface area contributed by atoms with E-state index in [-0.39, 0.29) is 23.4 Å². The number of benzene rings is 3. The minimum Gasteiger partial charge on any atom is -0.355 e. The van der Waals surface area contributed by atoms with E-state index in [4.69, 9.17) is 0 Å². The first-order valence-corrected chi connectivity index (χ1v) is 16.1. The van der Waals surface area contributed by atoms with Gasteiger partial charge in [-0.2, -0.15) is 10.5 Å². The van der Waals surface area contributed by atoms with E-state index in [1.807, 2.05) is 6.08 Å². The highest BCUT2D eigenvalue weighted by atomic mass is 15.3. The van der Waals surface area contributed by atoms with Crippen LogP contribution in [0.4, 0.5) is 5.69 Å². The van der Waals surface area contributed by atoms with Crippen LogP contribution in [0.5, 0.6) is 0 Å². The number of fused-ring (bicyclic) bond motifs is 8. The molecule has 0 saturated heterocycles. The molecule has 46 heavy (non-hydrogen) atoms. The lowest BCUT2D eigenvalue weighted by Gasteiger charge is -2.41. The van der Waals surface area contributed by atoms with Gasteiger partial charge >= 0.3 is 0 Å². The van der Waals surface area contributed by atoms with Gasteiger partial charge in [-0.05, 0) is 64.6 Å². The summed E-state index contributed by atoms with van der Waals surface area (Å²) < 4.78 is 2.32. The Morgan fingerprint density at radius 1 is 0.783 bits per heavy atom. The molecule has 1 aromatic heterocycles. The molecule has 4 nitrogen and oxygen atoms in total. The van der Waals surface area contributed by atoms with Crippen LogP contribution in [0.15, 0.2) is 138 Å². The molecule has 220 valence electrons. The van der Waals surface area contributed by atoms with E-state index < -0.39 is 6.04 Å². The highest BCUT2D eigenvalue weighted by Crippen LogP contribution is 2.55. The van der Waals surface area contributed by atoms with Crippen molar-refractivity contribution in [3.05, 3.63) is 155 Å². The third-order valence-electron chi connectivity index (χ3n) is 10.8. The van der Waals surface area contributed by atoms with Crippen LogP contribution in [0.1, 0.15) is 48.9 Å². The summed E-state index contributed by atoms with van der Waals surface area (Å²) in [5, 5.41) is 23.3. The van der Waals surface area contributed by atoms with Gasteiger partial charge in [-0.15, -0.1) is 0 Å². The van der Waals surface area contributed by atoms with E-state index in [1.54, 1.807) is 0 Å². The third kappa shape index (κ3) is 3.48. The largest absolute Gasteiger partial charge is 0.355 e. The second-order valence-electron chi connectivity index (χ2n) is 13.4. The van der Waals surface area contributed by atoms with Crippen molar-refractivity contribution < 1.29 is 0 Å². The molecule has 0 amide bonds. The minimum atomic E-state index is -0.401. The van der Waals surface area contributed by atoms with Gasteiger partial charge in [0, 0.05) is 38.8 Å². The Balaban J connectivity index is 1.30. The first kappa shape index (κ1) is 26.8. The van der Waals surface area contributed by atoms with Crippen LogP contribution >= 0.6 is 0 Å². The van der Waals surface area contributed by atoms with Crippen molar-refractivity contribution in [1.29, 1.82) is 10.5 Å². The fraction of sp³-hybridized carbons (Fsp3) is 0.190. The second kappa shape index (κ2) is 9.71. The van der Waals surface area contributed by atoms with Crippen molar-refractivity contribution >= 4 is 33.1 Å². The lowest BCUT2D eigenvalue weighted by atomic mass is 9.80. The van der Waals surface area contributed by atoms with Crippen LogP contribution in [0.25, 0.3) is 27.4 Å². The summed E-state index contributed by atoms with van der Waals surface area (Å²) in [5.41, 5.74) is 10.8. The maximum atomic E-state index is 10.8. The normalized spacial score (nSPS) is 25.0. The van der Waals surface area contributed by atoms with Gasteiger partial charge in [-0.3, -0.25) is 0 Å². The number of nitrogens with zero attached hydrogens (tertiary/aromatic N) is 4. The number of allylic oxidation sites excluding steroid dienone is 10. The molecule has 4 aliphatic carbocycles. The monoisotopic (exact) mass is 592 g/mol. The van der Waals surface area contributed by atoms with Crippen LogP contribution in [0.2, 0.25) is 0 Å². The lowest BCUT2D eigenvalue weighted by molar-refractivity contribution is 0.489. The van der Waals surface area contributed by atoms with Crippen molar-refractivity contribution in [2.75, 3.05) is 4.90 Å². The molecule has 0 bridgehead atoms. The van der Waals surface area contributed by atoms with Gasteiger partial charge in [0.25, 0.3) is 0 Å². The third-order valence-corrected chi connectivity index (χ3v) is 10.8. The number of para-hydroxylation sites is 2. The standard InChI is InChI=1S/C42H32N4/c1-42(2)34-16-5-3-4-12-27(34)31-22-32-30-15-8-9-17-36(30)45(40(32)23-35(31)42)39-21-20-26(24-43)33(25-44)41(39)46-37-18-10-6-13-28(37)29-14-7-11-19-38(29)46/h4-23,30,36,39,41H,3H2,1-2H3. The second-order valence-corrected chi connectivity index (χ2v) is 13.4. The maximum Gasteiger partial charge on any atom is 0.100 e. The molecular weight excluding hydrogens is 560 g/mol. The SMILES string of the molecule is CC1(C)C2=C(C=CCC=C2)c2cc3c(cc21)N(C1C=CC(C#N)=C(C#N)C1n1c2ccccc2c2ccccc21)C1C=CC=CC31. The van der Waals surface area contributed by atoms with Crippen molar-refractivity contribution in [3.8, 4) is 12.1 Å². The van der Waals surface area contributed by atoms with E-state index in [0.29, 0.717) is 11.1 Å². The summed E-state index contributed by atoms with van der Waals surface area (Å²) in [4.78, 5) is 2.54. The Morgan fingerprint density at radius 2 is 1.50 bits per heavy atom. The zero-order valence-corrected chi connectivity index (χ0v) is 25.9. The van der Waals surface area contributed by atoms with Crippen LogP contribution in [-0.4, -0.2) is 16.7 Å². The van der Waals surface area contributed by atoms with Gasteiger partial charge in [0.05, 0.1) is 35.3 Å². The summed E-state index contributed by atoms with van der Waals surface area (Å²) in [5.74, 6) is 0.183. The molecule has 0 N–H and O–H groups in total. The summed E-state index contributed by atoms with van der Waals surface area (Å²) in [6.07, 6.45) is 23.1. The van der Waals surface area contributed by atoms with E-state index in [9.17, 15) is 10.5 Å². The molecule has 1 aliphatic heterocycles. The number of aromatic nitrogens is 1. The smallest absolute Gasteiger partial charge is 0.100 e. The first-order valence-electron chi connectivity index (χ1n) is 16.1. The number of hydrogen-bond donors (Lipinski definition) is 0. The van der Waals surface area contributed by atoms with Gasteiger partial charge in [-0.25, -0.2) is 0 Å². The molecule has 0 spiro atoms. The molecule has 9 rings (SSSR count). The molecule has 0 saturated carbocycles. The Hall–Kier alpha value is -5.58. The Labute approximate surface area is 269 Å². The average molecular weight is 593 g/mol. The molecule has 3 aromatic carbocycles. The van der Waals surface area contributed by atoms with E-state index >= 15 is 0 Å². The summed E-state index contributed by atoms with van der Waals surface area (Å²) in [7, 11) is 0. The number of anilines is 1. The lowest BCUT2D eigenvalue weighted by Crippen LogP contribution is -2.46. The molecular formula is C42H32N4. The van der Waals surface area contributed by atoms with Gasteiger partial charge in [0.1, 0.15) is 6.07 Å². The Kier molecular flexibility index (Phi) is 5.65. The summed E-state index contributed by atoms with van der Waals surface area (Å²) in [6.45, 7) is 4.68. The topological polar surface area (TPSA) is 55.8 Å². The van der Waals surface area contributed by atoms with Crippen molar-refractivity contribution in [2.24, 2.45) is 0 Å². The van der Waals surface area contributed by atoms with Crippen LogP contribution in [-0.2, 0) is 5.41 Å². The number of nitriles is 2. The number of rotatable bonds is 2. The molecule has 4 unspecified atom stereocenters. The van der Waals surface area contributed by atoms with Crippen molar-refractivity contribution in [1.82, 2.24) is 4.57 Å². The molecule has 0 radical (unpaired) electrons. The van der Waals surface area contributed by atoms with E-state index in [0.717, 1.165) is 28.2 Å². The fourth-order valence-electron chi connectivity index (χ4n) is 8.78. The van der Waals surface area contributed by atoms with Crippen LogP contribution in [0, 0.1) is 22.7 Å². The first-order chi connectivity index (χ1) is 22.5. The molecule has 0 fully saturated rings. The predicted molar refractivity (Wildman–Crippen MR) is 186 cm³/mol. The highest BCUT2D eigenvalue weighted by Gasteiger charge is 2.47. The molecule has 4 aromatic rings. The van der Waals surface area contributed by atoms with E-state index in [2.05, 4.69) is 151 Å². The summed E-state index contributed by atoms with van der Waals surface area (Å²) >= 11 is 0. The zero-order chi connectivity index (χ0) is 31.2. The van der Waals surface area contributed by atoms with Crippen molar-refractivity contribution in [3.63, 3.8) is 0 Å². The van der Waals surface area contributed by atoms with Gasteiger partial charge < -0.3 is 9.47 Å².